The summed E-state index contributed by atoms with van der Waals surface area (Å²) in [4.78, 5) is 5.82. The SMILES string of the molecule is C1=CC(c2cc(C3=C4Sc5ccccc5C4CC=C3)cc(-c3cccc4c3sc3ccccc34)c2)=C2Sc3ccccc3C2C1. The third kappa shape index (κ3) is 4.07. The molecule has 6 aromatic rings. The van der Waals surface area contributed by atoms with Gasteiger partial charge in [-0.2, -0.15) is 0 Å². The van der Waals surface area contributed by atoms with Crippen molar-refractivity contribution in [2.24, 2.45) is 0 Å². The van der Waals surface area contributed by atoms with Gasteiger partial charge in [0.1, 0.15) is 0 Å². The highest BCUT2D eigenvalue weighted by atomic mass is 32.2. The molecule has 3 heterocycles. The van der Waals surface area contributed by atoms with E-state index in [-0.39, 0.29) is 0 Å². The van der Waals surface area contributed by atoms with Crippen LogP contribution in [0.25, 0.3) is 42.4 Å². The Morgan fingerprint density at radius 1 is 0.511 bits per heavy atom. The van der Waals surface area contributed by atoms with Crippen molar-refractivity contribution in [3.05, 3.63) is 166 Å². The summed E-state index contributed by atoms with van der Waals surface area (Å²) in [6.07, 6.45) is 11.7. The van der Waals surface area contributed by atoms with Crippen molar-refractivity contribution >= 4 is 66.2 Å². The van der Waals surface area contributed by atoms with Gasteiger partial charge in [-0.05, 0) is 93.8 Å². The van der Waals surface area contributed by atoms with Crippen molar-refractivity contribution < 1.29 is 0 Å². The lowest BCUT2D eigenvalue weighted by Gasteiger charge is -2.22. The lowest BCUT2D eigenvalue weighted by atomic mass is 9.84. The largest absolute Gasteiger partial charge is 0.135 e. The molecule has 0 amide bonds. The van der Waals surface area contributed by atoms with Gasteiger partial charge in [-0.15, -0.1) is 11.3 Å². The summed E-state index contributed by atoms with van der Waals surface area (Å²) < 4.78 is 2.72. The number of thioether (sulfide) groups is 2. The zero-order valence-corrected chi connectivity index (χ0v) is 26.9. The van der Waals surface area contributed by atoms with Gasteiger partial charge in [-0.3, -0.25) is 0 Å². The van der Waals surface area contributed by atoms with Crippen LogP contribution in [0.4, 0.5) is 0 Å². The van der Waals surface area contributed by atoms with E-state index in [1.165, 1.54) is 84.3 Å². The van der Waals surface area contributed by atoms with Crippen LogP contribution in [-0.2, 0) is 0 Å². The highest BCUT2D eigenvalue weighted by molar-refractivity contribution is 8.04. The summed E-state index contributed by atoms with van der Waals surface area (Å²) in [5.41, 5.74) is 11.0. The Labute approximate surface area is 275 Å². The first-order valence-corrected chi connectivity index (χ1v) is 18.2. The molecular formula is C42H28S3. The van der Waals surface area contributed by atoms with E-state index in [2.05, 4.69) is 133 Å². The van der Waals surface area contributed by atoms with Crippen molar-refractivity contribution in [1.29, 1.82) is 0 Å². The molecule has 0 nitrogen and oxygen atoms in total. The van der Waals surface area contributed by atoms with Gasteiger partial charge in [0.15, 0.2) is 0 Å². The summed E-state index contributed by atoms with van der Waals surface area (Å²) in [5, 5.41) is 2.70. The fourth-order valence-electron chi connectivity index (χ4n) is 7.69. The van der Waals surface area contributed by atoms with E-state index < -0.39 is 0 Å². The number of benzene rings is 5. The van der Waals surface area contributed by atoms with Crippen molar-refractivity contribution in [1.82, 2.24) is 0 Å². The van der Waals surface area contributed by atoms with E-state index in [4.69, 9.17) is 0 Å². The van der Waals surface area contributed by atoms with Gasteiger partial charge in [0, 0.05) is 51.6 Å². The van der Waals surface area contributed by atoms with E-state index in [1.54, 1.807) is 0 Å². The van der Waals surface area contributed by atoms with Crippen LogP contribution in [-0.4, -0.2) is 0 Å². The van der Waals surface area contributed by atoms with Gasteiger partial charge in [0.05, 0.1) is 0 Å². The molecule has 2 aliphatic heterocycles. The Bertz CT molecular complexity index is 2240. The van der Waals surface area contributed by atoms with Crippen molar-refractivity contribution in [2.75, 3.05) is 0 Å². The maximum absolute atomic E-state index is 2.48. The second kappa shape index (κ2) is 10.3. The van der Waals surface area contributed by atoms with Crippen LogP contribution < -0.4 is 0 Å². The first kappa shape index (κ1) is 26.2. The maximum atomic E-state index is 2.48. The Hall–Kier alpha value is -4.02. The van der Waals surface area contributed by atoms with Gasteiger partial charge in [-0.25, -0.2) is 0 Å². The highest BCUT2D eigenvalue weighted by Crippen LogP contribution is 2.57. The first-order valence-electron chi connectivity index (χ1n) is 15.7. The fourth-order valence-corrected chi connectivity index (χ4v) is 11.7. The molecule has 2 atom stereocenters. The Morgan fingerprint density at radius 2 is 1.07 bits per heavy atom. The van der Waals surface area contributed by atoms with Crippen molar-refractivity contribution in [3.63, 3.8) is 0 Å². The molecule has 0 saturated heterocycles. The Balaban J connectivity index is 1.21. The molecule has 4 aliphatic rings. The third-order valence-electron chi connectivity index (χ3n) is 9.78. The number of hydrogen-bond donors (Lipinski definition) is 0. The lowest BCUT2D eigenvalue weighted by molar-refractivity contribution is 0.840. The smallest absolute Gasteiger partial charge is 0.0433 e. The van der Waals surface area contributed by atoms with Crippen molar-refractivity contribution in [3.8, 4) is 11.1 Å². The Kier molecular flexibility index (Phi) is 5.97. The summed E-state index contributed by atoms with van der Waals surface area (Å²) >= 11 is 5.88. The molecule has 0 spiro atoms. The predicted octanol–water partition coefficient (Wildman–Crippen LogP) is 12.8. The molecule has 1 aromatic heterocycles. The molecule has 0 N–H and O–H groups in total. The lowest BCUT2D eigenvalue weighted by Crippen LogP contribution is -2.03. The maximum Gasteiger partial charge on any atom is 0.0433 e. The van der Waals surface area contributed by atoms with E-state index in [0.717, 1.165) is 12.8 Å². The summed E-state index contributed by atoms with van der Waals surface area (Å²) in [7, 11) is 0. The quantitative estimate of drug-likeness (QED) is 0.191. The summed E-state index contributed by atoms with van der Waals surface area (Å²) in [6.45, 7) is 0. The van der Waals surface area contributed by atoms with E-state index in [0.29, 0.717) is 11.8 Å². The van der Waals surface area contributed by atoms with Crippen LogP contribution in [0.1, 0.15) is 46.9 Å². The van der Waals surface area contributed by atoms with Gasteiger partial charge >= 0.3 is 0 Å². The molecular weight excluding hydrogens is 601 g/mol. The minimum atomic E-state index is 0.449. The second-order valence-electron chi connectivity index (χ2n) is 12.3. The normalized spacial score (nSPS) is 19.7. The monoisotopic (exact) mass is 628 g/mol. The minimum Gasteiger partial charge on any atom is -0.135 e. The van der Waals surface area contributed by atoms with Crippen LogP contribution in [0.3, 0.4) is 0 Å². The highest BCUT2D eigenvalue weighted by Gasteiger charge is 2.33. The number of allylic oxidation sites excluding steroid dienone is 8. The number of hydrogen-bond acceptors (Lipinski definition) is 3. The molecule has 0 bridgehead atoms. The molecule has 3 heteroatoms. The third-order valence-corrected chi connectivity index (χ3v) is 13.6. The topological polar surface area (TPSA) is 0 Å². The standard InChI is InChI=1S/C42H28S3/c1-4-19-37-31(10-1)34-16-7-13-28(40(34)43-37)25-22-26(29-14-8-17-35-32-11-2-5-20-38(32)44-41(29)35)24-27(23-25)30-15-9-18-36-33-12-3-6-21-39(33)45-42(30)36/h1-16,19-24,35-36H,17-18H2. The van der Waals surface area contributed by atoms with Gasteiger partial charge in [-0.1, -0.05) is 121 Å². The van der Waals surface area contributed by atoms with Crippen LogP contribution in [0.15, 0.2) is 153 Å². The van der Waals surface area contributed by atoms with E-state index in [1.807, 2.05) is 34.9 Å². The first-order chi connectivity index (χ1) is 22.3. The molecule has 2 unspecified atom stereocenters. The van der Waals surface area contributed by atoms with Crippen molar-refractivity contribution in [2.45, 2.75) is 34.5 Å². The van der Waals surface area contributed by atoms with Crippen LogP contribution in [0, 0.1) is 0 Å². The zero-order chi connectivity index (χ0) is 29.5. The molecule has 0 fully saturated rings. The molecule has 45 heavy (non-hydrogen) atoms. The van der Waals surface area contributed by atoms with E-state index in [9.17, 15) is 0 Å². The predicted molar refractivity (Wildman–Crippen MR) is 196 cm³/mol. The van der Waals surface area contributed by atoms with Crippen LogP contribution in [0.5, 0.6) is 0 Å². The Morgan fingerprint density at radius 3 is 1.73 bits per heavy atom. The molecule has 0 saturated carbocycles. The van der Waals surface area contributed by atoms with Crippen LogP contribution in [0.2, 0.25) is 0 Å². The summed E-state index contributed by atoms with van der Waals surface area (Å²) in [5.74, 6) is 0.899. The minimum absolute atomic E-state index is 0.449. The van der Waals surface area contributed by atoms with E-state index >= 15 is 0 Å². The average molecular weight is 629 g/mol. The fraction of sp³-hybridized carbons (Fsp3) is 0.0952. The molecule has 2 aliphatic carbocycles. The number of fused-ring (bicyclic) bond motifs is 9. The van der Waals surface area contributed by atoms with Gasteiger partial charge in [0.2, 0.25) is 0 Å². The average Bonchev–Trinajstić information content (AvgIpc) is 3.79. The molecule has 5 aromatic carbocycles. The molecule has 214 valence electrons. The number of rotatable bonds is 3. The molecule has 0 radical (unpaired) electrons. The second-order valence-corrected chi connectivity index (χ2v) is 15.5. The van der Waals surface area contributed by atoms with Gasteiger partial charge in [0.25, 0.3) is 0 Å². The molecule has 10 rings (SSSR count). The van der Waals surface area contributed by atoms with Crippen LogP contribution >= 0.6 is 34.9 Å². The number of thiophene rings is 1. The van der Waals surface area contributed by atoms with Gasteiger partial charge < -0.3 is 0 Å². The summed E-state index contributed by atoms with van der Waals surface area (Å²) in [6, 6.07) is 41.1. The zero-order valence-electron chi connectivity index (χ0n) is 24.5.